The number of hydrogen-bond donors (Lipinski definition) is 0. The number of hydrogen-bond acceptors (Lipinski definition) is 7. The summed E-state index contributed by atoms with van der Waals surface area (Å²) in [5.74, 6) is 0.481. The summed E-state index contributed by atoms with van der Waals surface area (Å²) in [7, 11) is 3.01. The van der Waals surface area contributed by atoms with Crippen LogP contribution in [0, 0.1) is 0 Å². The third-order valence-electron chi connectivity index (χ3n) is 5.58. The molecule has 1 aliphatic heterocycles. The number of carbonyl (C=O) groups excluding carboxylic acids is 2. The zero-order chi connectivity index (χ0) is 24.1. The van der Waals surface area contributed by atoms with E-state index in [1.165, 1.54) is 28.3 Å². The van der Waals surface area contributed by atoms with Crippen LogP contribution in [-0.2, 0) is 19.5 Å². The van der Waals surface area contributed by atoms with E-state index >= 15 is 0 Å². The Morgan fingerprint density at radius 1 is 0.909 bits per heavy atom. The molecule has 10 heteroatoms. The first-order chi connectivity index (χ1) is 15.5. The average Bonchev–Trinajstić information content (AvgIpc) is 3.02. The molecule has 0 radical (unpaired) electrons. The van der Waals surface area contributed by atoms with E-state index in [0.29, 0.717) is 45.2 Å². The van der Waals surface area contributed by atoms with Crippen LogP contribution in [0.4, 0.5) is 0 Å². The first-order valence-corrected chi connectivity index (χ1v) is 11.6. The molecule has 1 aromatic carbocycles. The highest BCUT2D eigenvalue weighted by Crippen LogP contribution is 2.28. The van der Waals surface area contributed by atoms with Crippen LogP contribution >= 0.6 is 11.8 Å². The van der Waals surface area contributed by atoms with Crippen LogP contribution < -0.4 is 11.2 Å². The van der Waals surface area contributed by atoms with E-state index in [4.69, 9.17) is 0 Å². The minimum Gasteiger partial charge on any atom is -0.280 e. The molecule has 0 aliphatic carbocycles. The molecular formula is C23H25N5O4S. The maximum absolute atomic E-state index is 12.9. The third-order valence-corrected chi connectivity index (χ3v) is 6.64. The van der Waals surface area contributed by atoms with Gasteiger partial charge in [0, 0.05) is 31.8 Å². The van der Waals surface area contributed by atoms with Crippen molar-refractivity contribution in [2.75, 3.05) is 12.3 Å². The number of amides is 2. The molecule has 0 bridgehead atoms. The molecule has 2 aromatic heterocycles. The van der Waals surface area contributed by atoms with Gasteiger partial charge in [0.1, 0.15) is 16.2 Å². The number of aromatic nitrogens is 4. The van der Waals surface area contributed by atoms with Gasteiger partial charge >= 0.3 is 5.69 Å². The van der Waals surface area contributed by atoms with Crippen molar-refractivity contribution in [3.05, 3.63) is 62.1 Å². The summed E-state index contributed by atoms with van der Waals surface area (Å²) < 4.78 is 2.40. The van der Waals surface area contributed by atoms with Crippen LogP contribution in [-0.4, -0.2) is 48.1 Å². The molecule has 172 valence electrons. The van der Waals surface area contributed by atoms with Crippen molar-refractivity contribution in [2.24, 2.45) is 14.1 Å². The Morgan fingerprint density at radius 2 is 1.52 bits per heavy atom. The molecule has 0 fully saturated rings. The standard InChI is InChI=1S/C23H25N5O4S/c1-23(2,3)21-24-16-15(20(31)27(5)22(32)26(16)4)17(25-21)33-12-8-11-28-18(29)13-9-6-7-10-14(13)19(28)30/h6-7,9-10H,8,11-12H2,1-5H3. The topological polar surface area (TPSA) is 107 Å². The van der Waals surface area contributed by atoms with Gasteiger partial charge < -0.3 is 0 Å². The average molecular weight is 468 g/mol. The van der Waals surface area contributed by atoms with Gasteiger partial charge in [0.05, 0.1) is 11.1 Å². The number of rotatable bonds is 5. The van der Waals surface area contributed by atoms with E-state index in [2.05, 4.69) is 9.97 Å². The molecule has 3 aromatic rings. The Balaban J connectivity index is 1.60. The summed E-state index contributed by atoms with van der Waals surface area (Å²) in [5.41, 5.74) is -0.136. The van der Waals surface area contributed by atoms with Gasteiger partial charge in [0.25, 0.3) is 17.4 Å². The minimum atomic E-state index is -0.451. The summed E-state index contributed by atoms with van der Waals surface area (Å²) in [4.78, 5) is 60.9. The highest BCUT2D eigenvalue weighted by molar-refractivity contribution is 7.99. The van der Waals surface area contributed by atoms with Crippen LogP contribution in [0.15, 0.2) is 38.9 Å². The molecule has 0 N–H and O–H groups in total. The van der Waals surface area contributed by atoms with E-state index in [0.717, 1.165) is 4.57 Å². The summed E-state index contributed by atoms with van der Waals surface area (Å²) in [6, 6.07) is 6.80. The predicted octanol–water partition coefficient (Wildman–Crippen LogP) is 2.10. The van der Waals surface area contributed by atoms with Gasteiger partial charge in [-0.05, 0) is 18.6 Å². The van der Waals surface area contributed by atoms with E-state index in [1.54, 1.807) is 31.3 Å². The minimum absolute atomic E-state index is 0.269. The van der Waals surface area contributed by atoms with Gasteiger partial charge in [-0.2, -0.15) is 0 Å². The summed E-state index contributed by atoms with van der Waals surface area (Å²) in [5, 5.41) is 0.779. The first kappa shape index (κ1) is 22.9. The fourth-order valence-electron chi connectivity index (χ4n) is 3.70. The zero-order valence-corrected chi connectivity index (χ0v) is 20.0. The lowest BCUT2D eigenvalue weighted by Crippen LogP contribution is -2.38. The Kier molecular flexibility index (Phi) is 5.73. The van der Waals surface area contributed by atoms with Crippen molar-refractivity contribution in [1.29, 1.82) is 0 Å². The van der Waals surface area contributed by atoms with Crippen LogP contribution in [0.5, 0.6) is 0 Å². The van der Waals surface area contributed by atoms with Crippen molar-refractivity contribution < 1.29 is 9.59 Å². The van der Waals surface area contributed by atoms with Crippen molar-refractivity contribution in [1.82, 2.24) is 24.0 Å². The van der Waals surface area contributed by atoms with Gasteiger partial charge in [-0.15, -0.1) is 11.8 Å². The normalized spacial score (nSPS) is 13.8. The summed E-state index contributed by atoms with van der Waals surface area (Å²) in [6.45, 7) is 6.16. The SMILES string of the molecule is Cn1c(=O)c2c(SCCCN3C(=O)c4ccccc4C3=O)nc(C(C)(C)C)nc2n(C)c1=O. The molecule has 3 heterocycles. The van der Waals surface area contributed by atoms with Crippen LogP contribution in [0.3, 0.4) is 0 Å². The number of benzene rings is 1. The molecule has 0 spiro atoms. The van der Waals surface area contributed by atoms with E-state index in [-0.39, 0.29) is 23.8 Å². The Hall–Kier alpha value is -3.27. The quantitative estimate of drug-likeness (QED) is 0.245. The molecule has 0 saturated heterocycles. The third kappa shape index (κ3) is 3.88. The van der Waals surface area contributed by atoms with Crippen LogP contribution in [0.25, 0.3) is 11.0 Å². The molecule has 0 atom stereocenters. The van der Waals surface area contributed by atoms with Crippen molar-refractivity contribution in [3.63, 3.8) is 0 Å². The van der Waals surface area contributed by atoms with Crippen molar-refractivity contribution in [3.8, 4) is 0 Å². The first-order valence-electron chi connectivity index (χ1n) is 10.6. The van der Waals surface area contributed by atoms with Crippen LogP contribution in [0.2, 0.25) is 0 Å². The molecule has 0 unspecified atom stereocenters. The summed E-state index contributed by atoms with van der Waals surface area (Å²) in [6.07, 6.45) is 0.526. The molecule has 33 heavy (non-hydrogen) atoms. The van der Waals surface area contributed by atoms with Gasteiger partial charge in [-0.3, -0.25) is 28.4 Å². The number of aryl methyl sites for hydroxylation is 1. The second kappa shape index (κ2) is 8.26. The van der Waals surface area contributed by atoms with Crippen molar-refractivity contribution >= 4 is 34.6 Å². The lowest BCUT2D eigenvalue weighted by Gasteiger charge is -2.19. The molecule has 1 aliphatic rings. The summed E-state index contributed by atoms with van der Waals surface area (Å²) >= 11 is 1.36. The van der Waals surface area contributed by atoms with E-state index in [9.17, 15) is 19.2 Å². The van der Waals surface area contributed by atoms with Gasteiger partial charge in [0.15, 0.2) is 5.65 Å². The number of fused-ring (bicyclic) bond motifs is 2. The molecular weight excluding hydrogens is 442 g/mol. The zero-order valence-electron chi connectivity index (χ0n) is 19.2. The number of thioether (sulfide) groups is 1. The van der Waals surface area contributed by atoms with Gasteiger partial charge in [-0.1, -0.05) is 32.9 Å². The fourth-order valence-corrected chi connectivity index (χ4v) is 4.64. The second-order valence-electron chi connectivity index (χ2n) is 9.02. The molecule has 0 saturated carbocycles. The second-order valence-corrected chi connectivity index (χ2v) is 10.1. The monoisotopic (exact) mass is 467 g/mol. The largest absolute Gasteiger partial charge is 0.332 e. The van der Waals surface area contributed by atoms with Crippen LogP contribution in [0.1, 0.15) is 53.7 Å². The predicted molar refractivity (Wildman–Crippen MR) is 126 cm³/mol. The van der Waals surface area contributed by atoms with E-state index in [1.807, 2.05) is 20.8 Å². The van der Waals surface area contributed by atoms with Gasteiger partial charge in [-0.25, -0.2) is 14.8 Å². The number of nitrogens with zero attached hydrogens (tertiary/aromatic N) is 5. The fraction of sp³-hybridized carbons (Fsp3) is 0.391. The maximum Gasteiger partial charge on any atom is 0.332 e. The maximum atomic E-state index is 12.9. The smallest absolute Gasteiger partial charge is 0.280 e. The Bertz CT molecular complexity index is 1380. The Labute approximate surface area is 194 Å². The van der Waals surface area contributed by atoms with Crippen molar-refractivity contribution in [2.45, 2.75) is 37.6 Å². The Morgan fingerprint density at radius 3 is 2.09 bits per heavy atom. The number of carbonyl (C=O) groups is 2. The van der Waals surface area contributed by atoms with Gasteiger partial charge in [0.2, 0.25) is 0 Å². The highest BCUT2D eigenvalue weighted by Gasteiger charge is 2.34. The molecule has 2 amide bonds. The highest BCUT2D eigenvalue weighted by atomic mass is 32.2. The molecule has 9 nitrogen and oxygen atoms in total. The lowest BCUT2D eigenvalue weighted by atomic mass is 9.96. The number of imide groups is 1. The van der Waals surface area contributed by atoms with E-state index < -0.39 is 11.2 Å². The molecule has 4 rings (SSSR count). The lowest BCUT2D eigenvalue weighted by molar-refractivity contribution is 0.0655.